The third-order valence-electron chi connectivity index (χ3n) is 5.92. The number of nitrogens with zero attached hydrogens (tertiary/aromatic N) is 1. The van der Waals surface area contributed by atoms with Gasteiger partial charge in [0, 0.05) is 19.5 Å². The minimum atomic E-state index is 0.409. The summed E-state index contributed by atoms with van der Waals surface area (Å²) in [7, 11) is 0. The minimum absolute atomic E-state index is 0.409. The monoisotopic (exact) mass is 321 g/mol. The van der Waals surface area contributed by atoms with Gasteiger partial charge in [0.25, 0.3) is 0 Å². The molecule has 134 valence electrons. The minimum Gasteiger partial charge on any atom is -0.343 e. The maximum Gasteiger partial charge on any atom is 0.222 e. The van der Waals surface area contributed by atoms with Crippen molar-refractivity contribution in [2.45, 2.75) is 103 Å². The van der Waals surface area contributed by atoms with E-state index in [0.717, 1.165) is 37.8 Å². The summed E-state index contributed by atoms with van der Waals surface area (Å²) in [6.45, 7) is 4.32. The van der Waals surface area contributed by atoms with Crippen molar-refractivity contribution in [3.05, 3.63) is 0 Å². The van der Waals surface area contributed by atoms with Gasteiger partial charge in [0.1, 0.15) is 0 Å². The zero-order chi connectivity index (χ0) is 16.3. The van der Waals surface area contributed by atoms with Gasteiger partial charge in [-0.05, 0) is 37.5 Å². The Hall–Kier alpha value is -0.530. The van der Waals surface area contributed by atoms with Crippen LogP contribution in [0, 0.1) is 11.8 Å². The Kier molecular flexibility index (Phi) is 9.07. The van der Waals surface area contributed by atoms with Crippen molar-refractivity contribution in [3.63, 3.8) is 0 Å². The Bertz CT molecular complexity index is 322. The Morgan fingerprint density at radius 3 is 2.04 bits per heavy atom. The van der Waals surface area contributed by atoms with Crippen LogP contribution in [-0.4, -0.2) is 23.9 Å². The molecule has 2 nitrogen and oxygen atoms in total. The largest absolute Gasteiger partial charge is 0.343 e. The van der Waals surface area contributed by atoms with E-state index in [4.69, 9.17) is 0 Å². The van der Waals surface area contributed by atoms with Crippen LogP contribution in [0.2, 0.25) is 0 Å². The summed E-state index contributed by atoms with van der Waals surface area (Å²) in [5, 5.41) is 0. The number of carbonyl (C=O) groups excluding carboxylic acids is 1. The first-order valence-corrected chi connectivity index (χ1v) is 10.6. The molecular formula is C21H39NO. The van der Waals surface area contributed by atoms with E-state index in [9.17, 15) is 4.79 Å². The first kappa shape index (κ1) is 18.8. The summed E-state index contributed by atoms with van der Waals surface area (Å²) in [5.74, 6) is 2.57. The number of carbonyl (C=O) groups is 1. The molecule has 0 aromatic rings. The van der Waals surface area contributed by atoms with Crippen LogP contribution in [0.25, 0.3) is 0 Å². The van der Waals surface area contributed by atoms with Crippen molar-refractivity contribution in [2.24, 2.45) is 11.8 Å². The third kappa shape index (κ3) is 7.72. The second-order valence-corrected chi connectivity index (χ2v) is 8.00. The van der Waals surface area contributed by atoms with E-state index in [1.165, 1.54) is 83.5 Å². The fourth-order valence-corrected chi connectivity index (χ4v) is 4.19. The van der Waals surface area contributed by atoms with Crippen LogP contribution < -0.4 is 0 Å². The summed E-state index contributed by atoms with van der Waals surface area (Å²) in [4.78, 5) is 14.0. The molecule has 0 aromatic heterocycles. The van der Waals surface area contributed by atoms with Crippen LogP contribution in [0.15, 0.2) is 0 Å². The predicted molar refractivity (Wildman–Crippen MR) is 98.5 cm³/mol. The molecule has 2 unspecified atom stereocenters. The first-order valence-electron chi connectivity index (χ1n) is 10.6. The highest BCUT2D eigenvalue weighted by atomic mass is 16.2. The average molecular weight is 322 g/mol. The second kappa shape index (κ2) is 11.1. The normalized spacial score (nSPS) is 23.4. The second-order valence-electron chi connectivity index (χ2n) is 8.00. The zero-order valence-corrected chi connectivity index (χ0v) is 15.5. The van der Waals surface area contributed by atoms with Gasteiger partial charge in [-0.2, -0.15) is 0 Å². The lowest BCUT2D eigenvalue weighted by Crippen LogP contribution is -2.27. The average Bonchev–Trinajstić information content (AvgIpc) is 3.07. The topological polar surface area (TPSA) is 20.3 Å². The van der Waals surface area contributed by atoms with Crippen LogP contribution in [0.3, 0.4) is 0 Å². The third-order valence-corrected chi connectivity index (χ3v) is 5.92. The first-order chi connectivity index (χ1) is 11.3. The van der Waals surface area contributed by atoms with E-state index in [-0.39, 0.29) is 0 Å². The van der Waals surface area contributed by atoms with E-state index in [2.05, 4.69) is 11.8 Å². The lowest BCUT2D eigenvalue weighted by molar-refractivity contribution is -0.130. The van der Waals surface area contributed by atoms with Crippen LogP contribution >= 0.6 is 0 Å². The molecule has 1 saturated carbocycles. The molecular weight excluding hydrogens is 282 g/mol. The molecule has 1 aliphatic heterocycles. The van der Waals surface area contributed by atoms with Crippen LogP contribution in [0.5, 0.6) is 0 Å². The molecule has 0 bridgehead atoms. The zero-order valence-electron chi connectivity index (χ0n) is 15.5. The smallest absolute Gasteiger partial charge is 0.222 e. The molecule has 0 spiro atoms. The quantitative estimate of drug-likeness (QED) is 0.384. The van der Waals surface area contributed by atoms with E-state index >= 15 is 0 Å². The highest BCUT2D eigenvalue weighted by Gasteiger charge is 2.34. The number of unbranched alkanes of at least 4 members (excludes halogenated alkanes) is 7. The maximum atomic E-state index is 11.9. The van der Waals surface area contributed by atoms with Gasteiger partial charge < -0.3 is 4.90 Å². The standard InChI is InChI=1S/C21H39NO/c1-2-3-4-8-13-19-18-20(19)14-9-6-5-7-10-15-21(23)22-16-11-12-17-22/h19-20H,2-18H2,1H3. The van der Waals surface area contributed by atoms with Crippen molar-refractivity contribution in [1.29, 1.82) is 0 Å². The number of amides is 1. The lowest BCUT2D eigenvalue weighted by Gasteiger charge is -2.14. The summed E-state index contributed by atoms with van der Waals surface area (Å²) >= 11 is 0. The highest BCUT2D eigenvalue weighted by Crippen LogP contribution is 2.45. The molecule has 2 rings (SSSR count). The van der Waals surface area contributed by atoms with Crippen molar-refractivity contribution in [1.82, 2.24) is 4.90 Å². The fourth-order valence-electron chi connectivity index (χ4n) is 4.19. The molecule has 0 radical (unpaired) electrons. The molecule has 2 aliphatic rings. The van der Waals surface area contributed by atoms with Crippen molar-refractivity contribution in [2.75, 3.05) is 13.1 Å². The molecule has 23 heavy (non-hydrogen) atoms. The predicted octanol–water partition coefficient (Wildman–Crippen LogP) is 5.95. The number of hydrogen-bond donors (Lipinski definition) is 0. The van der Waals surface area contributed by atoms with Crippen molar-refractivity contribution < 1.29 is 4.79 Å². The van der Waals surface area contributed by atoms with Crippen LogP contribution in [-0.2, 0) is 4.79 Å². The molecule has 0 N–H and O–H groups in total. The molecule has 2 atom stereocenters. The van der Waals surface area contributed by atoms with Gasteiger partial charge >= 0.3 is 0 Å². The van der Waals surface area contributed by atoms with Gasteiger partial charge in [-0.1, -0.05) is 71.1 Å². The highest BCUT2D eigenvalue weighted by molar-refractivity contribution is 5.76. The molecule has 1 heterocycles. The van der Waals surface area contributed by atoms with Gasteiger partial charge in [-0.3, -0.25) is 4.79 Å². The number of likely N-dealkylation sites (tertiary alicyclic amines) is 1. The Balaban J connectivity index is 1.33. The van der Waals surface area contributed by atoms with Crippen molar-refractivity contribution in [3.8, 4) is 0 Å². The molecule has 2 fully saturated rings. The van der Waals surface area contributed by atoms with Gasteiger partial charge in [0.05, 0.1) is 0 Å². The molecule has 1 amide bonds. The van der Waals surface area contributed by atoms with Crippen LogP contribution in [0.4, 0.5) is 0 Å². The van der Waals surface area contributed by atoms with E-state index in [1.807, 2.05) is 0 Å². The van der Waals surface area contributed by atoms with E-state index in [0.29, 0.717) is 5.91 Å². The fraction of sp³-hybridized carbons (Fsp3) is 0.952. The molecule has 1 saturated heterocycles. The molecule has 1 aliphatic carbocycles. The summed E-state index contributed by atoms with van der Waals surface area (Å²) in [6, 6.07) is 0. The lowest BCUT2D eigenvalue weighted by atomic mass is 10.0. The maximum absolute atomic E-state index is 11.9. The summed E-state index contributed by atoms with van der Waals surface area (Å²) in [6.07, 6.45) is 20.0. The van der Waals surface area contributed by atoms with E-state index < -0.39 is 0 Å². The Morgan fingerprint density at radius 2 is 1.39 bits per heavy atom. The molecule has 0 aromatic carbocycles. The van der Waals surface area contributed by atoms with E-state index in [1.54, 1.807) is 0 Å². The molecule has 2 heteroatoms. The Labute approximate surface area is 144 Å². The number of rotatable bonds is 13. The van der Waals surface area contributed by atoms with Gasteiger partial charge in [0.15, 0.2) is 0 Å². The van der Waals surface area contributed by atoms with Crippen molar-refractivity contribution >= 4 is 5.91 Å². The Morgan fingerprint density at radius 1 is 0.826 bits per heavy atom. The SMILES string of the molecule is CCCCCCC1CC1CCCCCCCC(=O)N1CCCC1. The van der Waals surface area contributed by atoms with Crippen LogP contribution in [0.1, 0.15) is 103 Å². The van der Waals surface area contributed by atoms with Gasteiger partial charge in [-0.15, -0.1) is 0 Å². The number of hydrogen-bond acceptors (Lipinski definition) is 1. The van der Waals surface area contributed by atoms with Gasteiger partial charge in [0.2, 0.25) is 5.91 Å². The van der Waals surface area contributed by atoms with Gasteiger partial charge in [-0.25, -0.2) is 0 Å². The summed E-state index contributed by atoms with van der Waals surface area (Å²) < 4.78 is 0. The summed E-state index contributed by atoms with van der Waals surface area (Å²) in [5.41, 5.74) is 0.